The highest BCUT2D eigenvalue weighted by Crippen LogP contribution is 2.27. The number of amides is 1. The summed E-state index contributed by atoms with van der Waals surface area (Å²) in [6.45, 7) is 4.66. The molecule has 0 atom stereocenters. The third kappa shape index (κ3) is 4.41. The summed E-state index contributed by atoms with van der Waals surface area (Å²) in [5.41, 5.74) is 1.87. The molecular weight excluding hydrogens is 398 g/mol. The predicted octanol–water partition coefficient (Wildman–Crippen LogP) is 4.10. The standard InChI is InChI=1S/C23H27N3O3S/c1-15-16(2)30-22-21(15)23(28)26(14-25-22)12-11-20(27)24-13-17-7-3-6-10-19(17)29-18-8-4-5-9-18/h3,6-7,10,14,18H,4-5,8-9,11-13H2,1-2H3,(H,24,27). The van der Waals surface area contributed by atoms with Gasteiger partial charge in [0.15, 0.2) is 0 Å². The summed E-state index contributed by atoms with van der Waals surface area (Å²) in [4.78, 5) is 31.4. The molecule has 1 aliphatic carbocycles. The summed E-state index contributed by atoms with van der Waals surface area (Å²) in [6.07, 6.45) is 6.66. The van der Waals surface area contributed by atoms with Crippen molar-refractivity contribution in [2.45, 2.75) is 65.1 Å². The lowest BCUT2D eigenvalue weighted by Gasteiger charge is -2.17. The Balaban J connectivity index is 1.36. The fourth-order valence-electron chi connectivity index (χ4n) is 3.88. The highest BCUT2D eigenvalue weighted by Gasteiger charge is 2.18. The Morgan fingerprint density at radius 2 is 2.03 bits per heavy atom. The average Bonchev–Trinajstić information content (AvgIpc) is 3.35. The number of nitrogens with one attached hydrogen (secondary N) is 1. The van der Waals surface area contributed by atoms with E-state index < -0.39 is 0 Å². The van der Waals surface area contributed by atoms with E-state index in [0.717, 1.165) is 39.4 Å². The van der Waals surface area contributed by atoms with Crippen LogP contribution in [0.2, 0.25) is 0 Å². The number of carbonyl (C=O) groups is 1. The Morgan fingerprint density at radius 1 is 1.27 bits per heavy atom. The van der Waals surface area contributed by atoms with Crippen LogP contribution in [0.25, 0.3) is 10.2 Å². The highest BCUT2D eigenvalue weighted by atomic mass is 32.1. The van der Waals surface area contributed by atoms with Crippen molar-refractivity contribution in [2.75, 3.05) is 0 Å². The minimum atomic E-state index is -0.101. The maximum atomic E-state index is 12.7. The number of aryl methyl sites for hydroxylation is 3. The van der Waals surface area contributed by atoms with Crippen molar-refractivity contribution >= 4 is 27.5 Å². The molecule has 30 heavy (non-hydrogen) atoms. The number of aromatic nitrogens is 2. The van der Waals surface area contributed by atoms with Gasteiger partial charge in [0, 0.05) is 30.0 Å². The normalized spacial score (nSPS) is 14.3. The van der Waals surface area contributed by atoms with Gasteiger partial charge in [-0.15, -0.1) is 11.3 Å². The molecule has 1 amide bonds. The van der Waals surface area contributed by atoms with Crippen LogP contribution >= 0.6 is 11.3 Å². The Hall–Kier alpha value is -2.67. The monoisotopic (exact) mass is 425 g/mol. The third-order valence-electron chi connectivity index (χ3n) is 5.78. The molecule has 3 aromatic rings. The van der Waals surface area contributed by atoms with Crippen molar-refractivity contribution in [3.05, 3.63) is 57.0 Å². The van der Waals surface area contributed by atoms with Crippen LogP contribution in [-0.2, 0) is 17.9 Å². The van der Waals surface area contributed by atoms with Crippen molar-refractivity contribution in [1.29, 1.82) is 0 Å². The summed E-state index contributed by atoms with van der Waals surface area (Å²) in [7, 11) is 0. The zero-order valence-corrected chi connectivity index (χ0v) is 18.3. The smallest absolute Gasteiger partial charge is 0.262 e. The Bertz CT molecular complexity index is 1110. The van der Waals surface area contributed by atoms with Crippen molar-refractivity contribution < 1.29 is 9.53 Å². The minimum Gasteiger partial charge on any atom is -0.490 e. The first-order valence-corrected chi connectivity index (χ1v) is 11.3. The summed E-state index contributed by atoms with van der Waals surface area (Å²) < 4.78 is 7.66. The molecule has 0 aliphatic heterocycles. The zero-order valence-electron chi connectivity index (χ0n) is 17.4. The van der Waals surface area contributed by atoms with Gasteiger partial charge in [0.1, 0.15) is 10.6 Å². The molecule has 1 saturated carbocycles. The van der Waals surface area contributed by atoms with Crippen LogP contribution in [-0.4, -0.2) is 21.6 Å². The topological polar surface area (TPSA) is 73.2 Å². The lowest BCUT2D eigenvalue weighted by Crippen LogP contribution is -2.27. The number of thiophene rings is 1. The van der Waals surface area contributed by atoms with Gasteiger partial charge >= 0.3 is 0 Å². The van der Waals surface area contributed by atoms with E-state index in [4.69, 9.17) is 4.74 Å². The number of fused-ring (bicyclic) bond motifs is 1. The lowest BCUT2D eigenvalue weighted by atomic mass is 10.2. The lowest BCUT2D eigenvalue weighted by molar-refractivity contribution is -0.121. The van der Waals surface area contributed by atoms with Gasteiger partial charge in [-0.2, -0.15) is 0 Å². The molecule has 0 saturated heterocycles. The van der Waals surface area contributed by atoms with Gasteiger partial charge < -0.3 is 10.1 Å². The van der Waals surface area contributed by atoms with Crippen molar-refractivity contribution in [3.8, 4) is 5.75 Å². The Labute approximate surface area is 179 Å². The number of rotatable bonds is 7. The minimum absolute atomic E-state index is 0.0787. The first-order chi connectivity index (χ1) is 14.5. The van der Waals surface area contributed by atoms with Crippen molar-refractivity contribution in [1.82, 2.24) is 14.9 Å². The van der Waals surface area contributed by atoms with Gasteiger partial charge in [0.05, 0.1) is 17.8 Å². The molecule has 0 radical (unpaired) electrons. The largest absolute Gasteiger partial charge is 0.490 e. The van der Waals surface area contributed by atoms with Crippen LogP contribution < -0.4 is 15.6 Å². The number of hydrogen-bond acceptors (Lipinski definition) is 5. The van der Waals surface area contributed by atoms with Gasteiger partial charge in [-0.05, 0) is 51.2 Å². The number of carbonyl (C=O) groups excluding carboxylic acids is 1. The van der Waals surface area contributed by atoms with Gasteiger partial charge in [0.25, 0.3) is 5.56 Å². The van der Waals surface area contributed by atoms with Crippen LogP contribution in [0, 0.1) is 13.8 Å². The molecule has 4 rings (SSSR count). The van der Waals surface area contributed by atoms with E-state index in [1.54, 1.807) is 0 Å². The predicted molar refractivity (Wildman–Crippen MR) is 119 cm³/mol. The Kier molecular flexibility index (Phi) is 6.18. The zero-order chi connectivity index (χ0) is 21.1. The molecule has 1 aliphatic rings. The summed E-state index contributed by atoms with van der Waals surface area (Å²) in [5, 5.41) is 3.62. The molecule has 0 unspecified atom stereocenters. The fraction of sp³-hybridized carbons (Fsp3) is 0.435. The van der Waals surface area contributed by atoms with Crippen LogP contribution in [0.5, 0.6) is 5.75 Å². The number of benzene rings is 1. The summed E-state index contributed by atoms with van der Waals surface area (Å²) >= 11 is 1.53. The maximum Gasteiger partial charge on any atom is 0.262 e. The summed E-state index contributed by atoms with van der Waals surface area (Å²) in [6, 6.07) is 7.86. The molecule has 1 N–H and O–H groups in total. The number of ether oxygens (including phenoxy) is 1. The number of hydrogen-bond donors (Lipinski definition) is 1. The summed E-state index contributed by atoms with van der Waals surface area (Å²) in [5.74, 6) is 0.745. The molecular formula is C23H27N3O3S. The van der Waals surface area contributed by atoms with Gasteiger partial charge in [-0.1, -0.05) is 18.2 Å². The van der Waals surface area contributed by atoms with Crippen LogP contribution in [0.15, 0.2) is 35.4 Å². The first-order valence-electron chi connectivity index (χ1n) is 10.5. The van der Waals surface area contributed by atoms with E-state index in [9.17, 15) is 9.59 Å². The average molecular weight is 426 g/mol. The quantitative estimate of drug-likeness (QED) is 0.618. The van der Waals surface area contributed by atoms with Gasteiger partial charge in [-0.25, -0.2) is 4.98 Å². The molecule has 0 spiro atoms. The van der Waals surface area contributed by atoms with Crippen LogP contribution in [0.1, 0.15) is 48.1 Å². The molecule has 1 fully saturated rings. The molecule has 2 aromatic heterocycles. The second-order valence-corrected chi connectivity index (χ2v) is 9.07. The number of para-hydroxylation sites is 1. The second-order valence-electron chi connectivity index (χ2n) is 7.87. The molecule has 6 nitrogen and oxygen atoms in total. The number of nitrogens with zero attached hydrogens (tertiary/aromatic N) is 2. The van der Waals surface area contributed by atoms with E-state index in [0.29, 0.717) is 18.5 Å². The third-order valence-corrected chi connectivity index (χ3v) is 6.90. The molecule has 0 bridgehead atoms. The van der Waals surface area contributed by atoms with E-state index in [1.807, 2.05) is 38.1 Å². The van der Waals surface area contributed by atoms with E-state index in [2.05, 4.69) is 10.3 Å². The van der Waals surface area contributed by atoms with Gasteiger partial charge in [0.2, 0.25) is 5.91 Å². The Morgan fingerprint density at radius 3 is 2.83 bits per heavy atom. The second kappa shape index (κ2) is 9.00. The van der Waals surface area contributed by atoms with Crippen LogP contribution in [0.3, 0.4) is 0 Å². The van der Waals surface area contributed by atoms with Crippen molar-refractivity contribution in [2.24, 2.45) is 0 Å². The van der Waals surface area contributed by atoms with Crippen LogP contribution in [0.4, 0.5) is 0 Å². The maximum absolute atomic E-state index is 12.7. The molecule has 158 valence electrons. The van der Waals surface area contributed by atoms with Crippen molar-refractivity contribution in [3.63, 3.8) is 0 Å². The SMILES string of the molecule is Cc1sc2ncn(CCC(=O)NCc3ccccc3OC3CCCC3)c(=O)c2c1C. The first kappa shape index (κ1) is 20.6. The van der Waals surface area contributed by atoms with Gasteiger partial charge in [-0.3, -0.25) is 14.2 Å². The van der Waals surface area contributed by atoms with E-state index in [1.165, 1.54) is 35.1 Å². The van der Waals surface area contributed by atoms with E-state index in [-0.39, 0.29) is 24.0 Å². The highest BCUT2D eigenvalue weighted by molar-refractivity contribution is 7.18. The molecule has 2 heterocycles. The molecule has 7 heteroatoms. The van der Waals surface area contributed by atoms with E-state index >= 15 is 0 Å². The fourth-order valence-corrected chi connectivity index (χ4v) is 4.87. The molecule has 1 aromatic carbocycles.